The molecular weight excluding hydrogens is 300 g/mol. The fourth-order valence-electron chi connectivity index (χ4n) is 4.33. The molecule has 2 aliphatic carbocycles. The molecule has 2 amide bonds. The van der Waals surface area contributed by atoms with E-state index < -0.39 is 0 Å². The number of carbonyl (C=O) groups excluding carboxylic acids is 1. The van der Waals surface area contributed by atoms with Crippen LogP contribution < -0.4 is 5.32 Å². The summed E-state index contributed by atoms with van der Waals surface area (Å²) in [5.74, 6) is 0.376. The van der Waals surface area contributed by atoms with E-state index in [9.17, 15) is 4.79 Å². The van der Waals surface area contributed by atoms with E-state index >= 15 is 0 Å². The molecule has 4 rings (SSSR count). The second-order valence-corrected chi connectivity index (χ2v) is 7.51. The molecule has 2 atom stereocenters. The van der Waals surface area contributed by atoms with Crippen molar-refractivity contribution in [1.29, 1.82) is 0 Å². The molecule has 0 aromatic heterocycles. The van der Waals surface area contributed by atoms with Crippen molar-refractivity contribution in [2.75, 3.05) is 13.2 Å². The van der Waals surface area contributed by atoms with Crippen molar-refractivity contribution in [3.8, 4) is 0 Å². The highest BCUT2D eigenvalue weighted by atomic mass is 16.5. The molecule has 1 aromatic carbocycles. The summed E-state index contributed by atoms with van der Waals surface area (Å²) in [5.41, 5.74) is 1.23. The molecular formula is C20H28N2O2. The van der Waals surface area contributed by atoms with E-state index in [4.69, 9.17) is 4.74 Å². The summed E-state index contributed by atoms with van der Waals surface area (Å²) in [4.78, 5) is 15.0. The molecule has 1 heterocycles. The van der Waals surface area contributed by atoms with Crippen LogP contribution in [0.4, 0.5) is 4.79 Å². The van der Waals surface area contributed by atoms with Gasteiger partial charge in [-0.2, -0.15) is 0 Å². The number of nitrogens with one attached hydrogen (secondary N) is 1. The highest BCUT2D eigenvalue weighted by Crippen LogP contribution is 2.36. The first-order chi connectivity index (χ1) is 11.8. The van der Waals surface area contributed by atoms with Gasteiger partial charge in [-0.05, 0) is 37.7 Å². The quantitative estimate of drug-likeness (QED) is 0.891. The van der Waals surface area contributed by atoms with Gasteiger partial charge in [-0.25, -0.2) is 4.79 Å². The maximum absolute atomic E-state index is 12.8. The number of rotatable bonds is 5. The standard InChI is InChI=1S/C20H28N2O2/c23-20(22(18-10-11-18)17-8-4-5-9-17)21-14-16-12-13-24-19(16)15-6-2-1-3-7-15/h1-3,6-7,16-19H,4-5,8-14H2,(H,21,23). The van der Waals surface area contributed by atoms with Gasteiger partial charge in [0.05, 0.1) is 6.10 Å². The lowest BCUT2D eigenvalue weighted by Gasteiger charge is -2.30. The molecule has 1 aromatic rings. The van der Waals surface area contributed by atoms with E-state index in [-0.39, 0.29) is 12.1 Å². The molecule has 3 fully saturated rings. The van der Waals surface area contributed by atoms with Crippen molar-refractivity contribution in [1.82, 2.24) is 10.2 Å². The summed E-state index contributed by atoms with van der Waals surface area (Å²) in [7, 11) is 0. The van der Waals surface area contributed by atoms with Crippen LogP contribution in [0.3, 0.4) is 0 Å². The Balaban J connectivity index is 1.35. The maximum atomic E-state index is 12.8. The predicted octanol–water partition coefficient (Wildman–Crippen LogP) is 3.88. The normalized spacial score (nSPS) is 27.3. The van der Waals surface area contributed by atoms with Gasteiger partial charge in [-0.15, -0.1) is 0 Å². The van der Waals surface area contributed by atoms with Gasteiger partial charge in [0.15, 0.2) is 0 Å². The first-order valence-corrected chi connectivity index (χ1v) is 9.55. The Hall–Kier alpha value is -1.55. The molecule has 4 heteroatoms. The SMILES string of the molecule is O=C(NCC1CCOC1c1ccccc1)N(C1CCCC1)C1CC1. The average molecular weight is 328 g/mol. The van der Waals surface area contributed by atoms with E-state index in [0.29, 0.717) is 24.5 Å². The largest absolute Gasteiger partial charge is 0.373 e. The lowest BCUT2D eigenvalue weighted by molar-refractivity contribution is 0.0901. The highest BCUT2D eigenvalue weighted by molar-refractivity contribution is 5.75. The third-order valence-electron chi connectivity index (χ3n) is 5.75. The lowest BCUT2D eigenvalue weighted by Crippen LogP contribution is -2.47. The highest BCUT2D eigenvalue weighted by Gasteiger charge is 2.39. The van der Waals surface area contributed by atoms with Crippen molar-refractivity contribution in [2.45, 2.75) is 63.1 Å². The third-order valence-corrected chi connectivity index (χ3v) is 5.75. The van der Waals surface area contributed by atoms with Crippen molar-refractivity contribution >= 4 is 6.03 Å². The van der Waals surface area contributed by atoms with Crippen LogP contribution in [-0.2, 0) is 4.74 Å². The first kappa shape index (κ1) is 15.9. The molecule has 1 aliphatic heterocycles. The molecule has 1 saturated heterocycles. The Kier molecular flexibility index (Phi) is 4.74. The van der Waals surface area contributed by atoms with Crippen LogP contribution in [-0.4, -0.2) is 36.2 Å². The molecule has 130 valence electrons. The number of benzene rings is 1. The molecule has 0 radical (unpaired) electrons. The van der Waals surface area contributed by atoms with E-state index in [1.165, 1.54) is 44.1 Å². The molecule has 0 spiro atoms. The second-order valence-electron chi connectivity index (χ2n) is 7.51. The minimum Gasteiger partial charge on any atom is -0.373 e. The van der Waals surface area contributed by atoms with Gasteiger partial charge >= 0.3 is 6.03 Å². The van der Waals surface area contributed by atoms with Crippen LogP contribution in [0.2, 0.25) is 0 Å². The van der Waals surface area contributed by atoms with Crippen molar-refractivity contribution in [3.63, 3.8) is 0 Å². The summed E-state index contributed by atoms with van der Waals surface area (Å²) < 4.78 is 5.94. The van der Waals surface area contributed by atoms with Crippen LogP contribution in [0.25, 0.3) is 0 Å². The van der Waals surface area contributed by atoms with Crippen LogP contribution in [0.5, 0.6) is 0 Å². The minimum absolute atomic E-state index is 0.118. The zero-order chi connectivity index (χ0) is 16.4. The van der Waals surface area contributed by atoms with E-state index in [0.717, 1.165) is 13.0 Å². The van der Waals surface area contributed by atoms with Crippen LogP contribution in [0.15, 0.2) is 30.3 Å². The molecule has 4 nitrogen and oxygen atoms in total. The van der Waals surface area contributed by atoms with Gasteiger partial charge in [0.1, 0.15) is 0 Å². The zero-order valence-electron chi connectivity index (χ0n) is 14.3. The van der Waals surface area contributed by atoms with Gasteiger partial charge in [0.2, 0.25) is 0 Å². The summed E-state index contributed by atoms with van der Waals surface area (Å²) in [6.07, 6.45) is 8.42. The molecule has 1 N–H and O–H groups in total. The van der Waals surface area contributed by atoms with Gasteiger partial charge in [-0.1, -0.05) is 43.2 Å². The summed E-state index contributed by atoms with van der Waals surface area (Å²) in [5, 5.41) is 3.23. The smallest absolute Gasteiger partial charge is 0.317 e. The number of hydrogen-bond donors (Lipinski definition) is 1. The number of amides is 2. The third kappa shape index (κ3) is 3.44. The van der Waals surface area contributed by atoms with Gasteiger partial charge in [-0.3, -0.25) is 0 Å². The summed E-state index contributed by atoms with van der Waals surface area (Å²) in [6.45, 7) is 1.50. The van der Waals surface area contributed by atoms with Crippen molar-refractivity contribution in [2.24, 2.45) is 5.92 Å². The van der Waals surface area contributed by atoms with Gasteiger partial charge in [0.25, 0.3) is 0 Å². The minimum atomic E-state index is 0.118. The van der Waals surface area contributed by atoms with E-state index in [2.05, 4.69) is 34.5 Å². The molecule has 2 saturated carbocycles. The Labute approximate surface area is 144 Å². The Morgan fingerprint density at radius 2 is 1.75 bits per heavy atom. The second kappa shape index (κ2) is 7.14. The summed E-state index contributed by atoms with van der Waals surface area (Å²) >= 11 is 0. The van der Waals surface area contributed by atoms with Crippen LogP contribution in [0.1, 0.15) is 56.6 Å². The Morgan fingerprint density at radius 3 is 2.46 bits per heavy atom. The fraction of sp³-hybridized carbons (Fsp3) is 0.650. The van der Waals surface area contributed by atoms with Crippen LogP contribution >= 0.6 is 0 Å². The number of nitrogens with zero attached hydrogens (tertiary/aromatic N) is 1. The fourth-order valence-corrected chi connectivity index (χ4v) is 4.33. The van der Waals surface area contributed by atoms with E-state index in [1.54, 1.807) is 0 Å². The number of ether oxygens (including phenoxy) is 1. The average Bonchev–Trinajstić information content (AvgIpc) is 3.11. The zero-order valence-corrected chi connectivity index (χ0v) is 14.3. The van der Waals surface area contributed by atoms with Gasteiger partial charge in [0, 0.05) is 31.2 Å². The topological polar surface area (TPSA) is 41.6 Å². The molecule has 3 aliphatic rings. The van der Waals surface area contributed by atoms with E-state index in [1.807, 2.05) is 6.07 Å². The molecule has 0 bridgehead atoms. The van der Waals surface area contributed by atoms with Gasteiger partial charge < -0.3 is 15.0 Å². The monoisotopic (exact) mass is 328 g/mol. The predicted molar refractivity (Wildman–Crippen MR) is 93.8 cm³/mol. The lowest BCUT2D eigenvalue weighted by atomic mass is 9.95. The maximum Gasteiger partial charge on any atom is 0.317 e. The summed E-state index contributed by atoms with van der Waals surface area (Å²) in [6, 6.07) is 11.5. The van der Waals surface area contributed by atoms with Crippen molar-refractivity contribution in [3.05, 3.63) is 35.9 Å². The molecule has 24 heavy (non-hydrogen) atoms. The number of urea groups is 1. The number of hydrogen-bond acceptors (Lipinski definition) is 2. The van der Waals surface area contributed by atoms with Crippen molar-refractivity contribution < 1.29 is 9.53 Å². The number of carbonyl (C=O) groups is 1. The Bertz CT molecular complexity index is 552. The first-order valence-electron chi connectivity index (χ1n) is 9.55. The van der Waals surface area contributed by atoms with Crippen LogP contribution in [0, 0.1) is 5.92 Å². The Morgan fingerprint density at radius 1 is 1.04 bits per heavy atom. The molecule has 2 unspecified atom stereocenters.